The average Bonchev–Trinajstić information content (AvgIpc) is 2.14. The lowest BCUT2D eigenvalue weighted by atomic mass is 10.1. The van der Waals surface area contributed by atoms with Crippen LogP contribution in [0.5, 0.6) is 0 Å². The number of ether oxygens (including phenoxy) is 2. The van der Waals surface area contributed by atoms with Crippen molar-refractivity contribution in [2.45, 2.75) is 45.3 Å². The summed E-state index contributed by atoms with van der Waals surface area (Å²) >= 11 is 0. The predicted molar refractivity (Wildman–Crippen MR) is 58.2 cm³/mol. The molecule has 0 aromatic carbocycles. The molecular formula is C11H19NO4. The maximum atomic E-state index is 11.4. The molecule has 0 spiro atoms. The van der Waals surface area contributed by atoms with Crippen LogP contribution in [-0.2, 0) is 14.3 Å². The van der Waals surface area contributed by atoms with E-state index in [2.05, 4.69) is 5.32 Å². The number of carbonyl (C=O) groups is 2. The zero-order valence-electron chi connectivity index (χ0n) is 10.0. The van der Waals surface area contributed by atoms with Crippen molar-refractivity contribution in [1.82, 2.24) is 5.32 Å². The minimum absolute atomic E-state index is 0.0438. The smallest absolute Gasteiger partial charge is 0.407 e. The SMILES string of the molecule is CC(C)(C)OC(=O)NCC1OCCCC1=O. The number of hydrogen-bond donors (Lipinski definition) is 1. The number of ketones is 1. The second kappa shape index (κ2) is 5.30. The molecule has 1 amide bonds. The van der Waals surface area contributed by atoms with E-state index in [1.807, 2.05) is 0 Å². The third-order valence-electron chi connectivity index (χ3n) is 2.08. The summed E-state index contributed by atoms with van der Waals surface area (Å²) < 4.78 is 10.3. The molecule has 0 bridgehead atoms. The number of alkyl carbamates (subject to hydrolysis) is 1. The lowest BCUT2D eigenvalue weighted by Crippen LogP contribution is -2.42. The van der Waals surface area contributed by atoms with Crippen LogP contribution in [0.3, 0.4) is 0 Å². The van der Waals surface area contributed by atoms with Gasteiger partial charge in [-0.3, -0.25) is 4.79 Å². The molecule has 1 atom stereocenters. The van der Waals surface area contributed by atoms with Crippen LogP contribution in [0, 0.1) is 0 Å². The minimum Gasteiger partial charge on any atom is -0.444 e. The van der Waals surface area contributed by atoms with Gasteiger partial charge in [-0.1, -0.05) is 0 Å². The second-order valence-corrected chi connectivity index (χ2v) is 4.81. The monoisotopic (exact) mass is 229 g/mol. The molecule has 1 aliphatic heterocycles. The molecule has 0 aromatic rings. The van der Waals surface area contributed by atoms with Crippen molar-refractivity contribution in [3.63, 3.8) is 0 Å². The van der Waals surface area contributed by atoms with Crippen molar-refractivity contribution in [3.05, 3.63) is 0 Å². The van der Waals surface area contributed by atoms with E-state index in [-0.39, 0.29) is 12.3 Å². The Hall–Kier alpha value is -1.10. The highest BCUT2D eigenvalue weighted by Gasteiger charge is 2.24. The van der Waals surface area contributed by atoms with Crippen molar-refractivity contribution in [1.29, 1.82) is 0 Å². The molecule has 92 valence electrons. The lowest BCUT2D eigenvalue weighted by Gasteiger charge is -2.23. The maximum Gasteiger partial charge on any atom is 0.407 e. The van der Waals surface area contributed by atoms with Crippen molar-refractivity contribution in [2.24, 2.45) is 0 Å². The molecule has 1 saturated heterocycles. The van der Waals surface area contributed by atoms with Gasteiger partial charge in [-0.05, 0) is 27.2 Å². The first-order valence-electron chi connectivity index (χ1n) is 5.49. The van der Waals surface area contributed by atoms with E-state index < -0.39 is 17.8 Å². The average molecular weight is 229 g/mol. The molecule has 1 fully saturated rings. The zero-order valence-corrected chi connectivity index (χ0v) is 10.0. The van der Waals surface area contributed by atoms with Gasteiger partial charge in [0.1, 0.15) is 11.7 Å². The first-order valence-corrected chi connectivity index (χ1v) is 5.49. The Morgan fingerprint density at radius 2 is 2.25 bits per heavy atom. The van der Waals surface area contributed by atoms with Crippen LogP contribution >= 0.6 is 0 Å². The van der Waals surface area contributed by atoms with Crippen LogP contribution in [0.1, 0.15) is 33.6 Å². The fourth-order valence-corrected chi connectivity index (χ4v) is 1.39. The van der Waals surface area contributed by atoms with E-state index in [1.165, 1.54) is 0 Å². The van der Waals surface area contributed by atoms with Crippen LogP contribution < -0.4 is 5.32 Å². The Balaban J connectivity index is 2.28. The topological polar surface area (TPSA) is 64.6 Å². The van der Waals surface area contributed by atoms with Crippen molar-refractivity contribution in [3.8, 4) is 0 Å². The molecule has 1 heterocycles. The van der Waals surface area contributed by atoms with Gasteiger partial charge < -0.3 is 14.8 Å². The van der Waals surface area contributed by atoms with Crippen LogP contribution in [0.15, 0.2) is 0 Å². The summed E-state index contributed by atoms with van der Waals surface area (Å²) in [4.78, 5) is 22.7. The fourth-order valence-electron chi connectivity index (χ4n) is 1.39. The molecule has 1 unspecified atom stereocenters. The number of nitrogens with one attached hydrogen (secondary N) is 1. The summed E-state index contributed by atoms with van der Waals surface area (Å²) in [5.41, 5.74) is -0.526. The molecule has 0 aromatic heterocycles. The van der Waals surface area contributed by atoms with Crippen molar-refractivity contribution < 1.29 is 19.1 Å². The van der Waals surface area contributed by atoms with Crippen molar-refractivity contribution in [2.75, 3.05) is 13.2 Å². The molecular weight excluding hydrogens is 210 g/mol. The third kappa shape index (κ3) is 4.61. The van der Waals surface area contributed by atoms with Gasteiger partial charge in [0, 0.05) is 13.0 Å². The Morgan fingerprint density at radius 1 is 1.56 bits per heavy atom. The van der Waals surface area contributed by atoms with Gasteiger partial charge in [-0.25, -0.2) is 4.79 Å². The summed E-state index contributed by atoms with van der Waals surface area (Å²) in [6, 6.07) is 0. The first-order chi connectivity index (χ1) is 7.38. The largest absolute Gasteiger partial charge is 0.444 e. The molecule has 5 heteroatoms. The number of hydrogen-bond acceptors (Lipinski definition) is 4. The van der Waals surface area contributed by atoms with Crippen LogP contribution in [0.4, 0.5) is 4.79 Å². The number of carbonyl (C=O) groups excluding carboxylic acids is 2. The Labute approximate surface area is 95.5 Å². The molecule has 16 heavy (non-hydrogen) atoms. The van der Waals surface area contributed by atoms with Gasteiger partial charge in [-0.2, -0.15) is 0 Å². The summed E-state index contributed by atoms with van der Waals surface area (Å²) in [6.45, 7) is 6.12. The molecule has 0 radical (unpaired) electrons. The van der Waals surface area contributed by atoms with Gasteiger partial charge in [0.05, 0.1) is 6.54 Å². The third-order valence-corrected chi connectivity index (χ3v) is 2.08. The highest BCUT2D eigenvalue weighted by Crippen LogP contribution is 2.09. The van der Waals surface area contributed by atoms with Gasteiger partial charge >= 0.3 is 6.09 Å². The molecule has 1 aliphatic rings. The molecule has 0 saturated carbocycles. The summed E-state index contributed by atoms with van der Waals surface area (Å²) in [7, 11) is 0. The maximum absolute atomic E-state index is 11.4. The predicted octanol–water partition coefficient (Wildman–Crippen LogP) is 1.26. The minimum atomic E-state index is -0.526. The quantitative estimate of drug-likeness (QED) is 0.774. The molecule has 5 nitrogen and oxygen atoms in total. The summed E-state index contributed by atoms with van der Waals surface area (Å²) in [5, 5.41) is 2.53. The number of Topliss-reactive ketones (excluding diaryl/α,β-unsaturated/α-hetero) is 1. The Bertz CT molecular complexity index is 270. The van der Waals surface area contributed by atoms with Gasteiger partial charge in [0.25, 0.3) is 0 Å². The normalized spacial score (nSPS) is 21.7. The van der Waals surface area contributed by atoms with E-state index in [0.717, 1.165) is 6.42 Å². The first kappa shape index (κ1) is 13.0. The number of rotatable bonds is 2. The lowest BCUT2D eigenvalue weighted by molar-refractivity contribution is -0.135. The molecule has 1 N–H and O–H groups in total. The van der Waals surface area contributed by atoms with Crippen molar-refractivity contribution >= 4 is 11.9 Å². The van der Waals surface area contributed by atoms with E-state index in [9.17, 15) is 9.59 Å². The van der Waals surface area contributed by atoms with E-state index in [4.69, 9.17) is 9.47 Å². The summed E-state index contributed by atoms with van der Waals surface area (Å²) in [6.07, 6.45) is 0.262. The van der Waals surface area contributed by atoms with Crippen LogP contribution in [0.2, 0.25) is 0 Å². The highest BCUT2D eigenvalue weighted by atomic mass is 16.6. The van der Waals surface area contributed by atoms with Gasteiger partial charge in [0.15, 0.2) is 5.78 Å². The molecule has 1 rings (SSSR count). The zero-order chi connectivity index (χ0) is 12.2. The highest BCUT2D eigenvalue weighted by molar-refractivity contribution is 5.84. The van der Waals surface area contributed by atoms with Gasteiger partial charge in [-0.15, -0.1) is 0 Å². The second-order valence-electron chi connectivity index (χ2n) is 4.81. The number of amides is 1. The van der Waals surface area contributed by atoms with Gasteiger partial charge in [0.2, 0.25) is 0 Å². The van der Waals surface area contributed by atoms with Crippen LogP contribution in [0.25, 0.3) is 0 Å². The van der Waals surface area contributed by atoms with E-state index in [0.29, 0.717) is 13.0 Å². The van der Waals surface area contributed by atoms with E-state index in [1.54, 1.807) is 20.8 Å². The Kier molecular flexibility index (Phi) is 4.29. The van der Waals surface area contributed by atoms with Crippen LogP contribution in [-0.4, -0.2) is 36.7 Å². The standard InChI is InChI=1S/C11H19NO4/c1-11(2,3)16-10(14)12-7-9-8(13)5-4-6-15-9/h9H,4-7H2,1-3H3,(H,12,14). The molecule has 0 aliphatic carbocycles. The Morgan fingerprint density at radius 3 is 2.81 bits per heavy atom. The summed E-state index contributed by atoms with van der Waals surface area (Å²) in [5.74, 6) is 0.0438. The van der Waals surface area contributed by atoms with E-state index >= 15 is 0 Å². The fraction of sp³-hybridized carbons (Fsp3) is 0.818.